The molecule has 0 bridgehead atoms. The summed E-state index contributed by atoms with van der Waals surface area (Å²) in [7, 11) is 1.65. The van der Waals surface area contributed by atoms with Crippen molar-refractivity contribution in [3.63, 3.8) is 0 Å². The molecule has 0 spiro atoms. The van der Waals surface area contributed by atoms with Gasteiger partial charge >= 0.3 is 0 Å². The van der Waals surface area contributed by atoms with Gasteiger partial charge in [0, 0.05) is 24.0 Å². The molecule has 1 saturated carbocycles. The average molecular weight is 337 g/mol. The molecule has 2 rings (SSSR count). The van der Waals surface area contributed by atoms with Gasteiger partial charge in [0.1, 0.15) is 5.75 Å². The van der Waals surface area contributed by atoms with Crippen molar-refractivity contribution in [3.8, 4) is 5.75 Å². The second kappa shape index (κ2) is 10.6. The van der Waals surface area contributed by atoms with Crippen molar-refractivity contribution in [1.29, 1.82) is 0 Å². The van der Waals surface area contributed by atoms with Crippen molar-refractivity contribution in [2.24, 2.45) is 0 Å². The third-order valence-corrected chi connectivity index (χ3v) is 5.14. The molecule has 1 aromatic carbocycles. The maximum absolute atomic E-state index is 11.9. The van der Waals surface area contributed by atoms with E-state index in [1.165, 1.54) is 50.3 Å². The summed E-state index contributed by atoms with van der Waals surface area (Å²) in [5.74, 6) is 1.35. The van der Waals surface area contributed by atoms with Gasteiger partial charge in [-0.2, -0.15) is 0 Å². The summed E-state index contributed by atoms with van der Waals surface area (Å²) in [6, 6.07) is 8.43. The highest BCUT2D eigenvalue weighted by Gasteiger charge is 2.11. The third kappa shape index (κ3) is 7.27. The van der Waals surface area contributed by atoms with Crippen LogP contribution in [0.4, 0.5) is 0 Å². The fourth-order valence-corrected chi connectivity index (χ4v) is 3.63. The number of hydrogen-bond donors (Lipinski definition) is 2. The molecule has 0 unspecified atom stereocenters. The van der Waals surface area contributed by atoms with Crippen LogP contribution in [0.15, 0.2) is 29.2 Å². The lowest BCUT2D eigenvalue weighted by molar-refractivity contribution is -0.118. The lowest BCUT2D eigenvalue weighted by Crippen LogP contribution is -2.37. The molecule has 1 aromatic rings. The van der Waals surface area contributed by atoms with Gasteiger partial charge < -0.3 is 15.4 Å². The van der Waals surface area contributed by atoms with Crippen LogP contribution < -0.4 is 15.4 Å². The van der Waals surface area contributed by atoms with E-state index in [1.54, 1.807) is 7.11 Å². The zero-order chi connectivity index (χ0) is 16.3. The molecule has 128 valence electrons. The molecule has 2 N–H and O–H groups in total. The first-order valence-corrected chi connectivity index (χ1v) is 9.53. The van der Waals surface area contributed by atoms with E-state index in [0.29, 0.717) is 18.3 Å². The highest BCUT2D eigenvalue weighted by molar-refractivity contribution is 8.00. The maximum atomic E-state index is 11.9. The van der Waals surface area contributed by atoms with Crippen molar-refractivity contribution in [2.75, 3.05) is 26.0 Å². The fourth-order valence-electron chi connectivity index (χ4n) is 2.85. The number of carbonyl (C=O) groups excluding carboxylic acids is 1. The Kier molecular flexibility index (Phi) is 8.32. The first kappa shape index (κ1) is 18.1. The summed E-state index contributed by atoms with van der Waals surface area (Å²) in [5, 5.41) is 6.55. The largest absolute Gasteiger partial charge is 0.497 e. The molecule has 0 aliphatic heterocycles. The van der Waals surface area contributed by atoms with Gasteiger partial charge in [-0.3, -0.25) is 4.79 Å². The van der Waals surface area contributed by atoms with Gasteiger partial charge in [-0.05, 0) is 31.0 Å². The van der Waals surface area contributed by atoms with Crippen molar-refractivity contribution in [2.45, 2.75) is 49.5 Å². The van der Waals surface area contributed by atoms with Gasteiger partial charge in [0.15, 0.2) is 0 Å². The molecule has 1 fully saturated rings. The van der Waals surface area contributed by atoms with Crippen LogP contribution in [-0.4, -0.2) is 37.9 Å². The van der Waals surface area contributed by atoms with Crippen LogP contribution >= 0.6 is 11.8 Å². The van der Waals surface area contributed by atoms with Crippen molar-refractivity contribution >= 4 is 17.7 Å². The topological polar surface area (TPSA) is 50.4 Å². The first-order chi connectivity index (χ1) is 11.3. The van der Waals surface area contributed by atoms with Gasteiger partial charge in [-0.25, -0.2) is 0 Å². The van der Waals surface area contributed by atoms with Crippen molar-refractivity contribution < 1.29 is 9.53 Å². The second-order valence-corrected chi connectivity index (χ2v) is 7.01. The van der Waals surface area contributed by atoms with E-state index in [-0.39, 0.29) is 5.91 Å². The van der Waals surface area contributed by atoms with E-state index >= 15 is 0 Å². The number of thioether (sulfide) groups is 1. The van der Waals surface area contributed by atoms with Crippen molar-refractivity contribution in [3.05, 3.63) is 24.3 Å². The van der Waals surface area contributed by atoms with E-state index in [0.717, 1.165) is 17.2 Å². The Morgan fingerprint density at radius 1 is 1.22 bits per heavy atom. The Hall–Kier alpha value is -1.20. The Morgan fingerprint density at radius 2 is 2.00 bits per heavy atom. The molecule has 23 heavy (non-hydrogen) atoms. The normalized spacial score (nSPS) is 15.9. The van der Waals surface area contributed by atoms with Crippen LogP contribution in [0.2, 0.25) is 0 Å². The molecule has 0 saturated heterocycles. The molecule has 0 atom stereocenters. The molecule has 4 nitrogen and oxygen atoms in total. The predicted octanol–water partition coefficient (Wildman–Crippen LogP) is 3.22. The minimum absolute atomic E-state index is 0.0838. The lowest BCUT2D eigenvalue weighted by atomic mass is 10.1. The van der Waals surface area contributed by atoms with Crippen LogP contribution in [-0.2, 0) is 4.79 Å². The Morgan fingerprint density at radius 3 is 2.74 bits per heavy atom. The summed E-state index contributed by atoms with van der Waals surface area (Å²) < 4.78 is 5.19. The minimum atomic E-state index is 0.0838. The number of nitrogens with one attached hydrogen (secondary N) is 2. The van der Waals surface area contributed by atoms with Gasteiger partial charge in [0.05, 0.1) is 12.9 Å². The fraction of sp³-hybridized carbons (Fsp3) is 0.611. The number of carbonyl (C=O) groups is 1. The lowest BCUT2D eigenvalue weighted by Gasteiger charge is -2.16. The molecule has 0 aromatic heterocycles. The molecular weight excluding hydrogens is 308 g/mol. The summed E-state index contributed by atoms with van der Waals surface area (Å²) in [5.41, 5.74) is 0. The van der Waals surface area contributed by atoms with Crippen molar-refractivity contribution in [1.82, 2.24) is 10.6 Å². The highest BCUT2D eigenvalue weighted by atomic mass is 32.2. The van der Waals surface area contributed by atoms with E-state index < -0.39 is 0 Å². The highest BCUT2D eigenvalue weighted by Crippen LogP contribution is 2.22. The number of methoxy groups -OCH3 is 1. The quantitative estimate of drug-likeness (QED) is 0.435. The summed E-state index contributed by atoms with van der Waals surface area (Å²) >= 11 is 1.53. The zero-order valence-electron chi connectivity index (χ0n) is 14.0. The van der Waals surface area contributed by atoms with Crippen LogP contribution in [0.3, 0.4) is 0 Å². The van der Waals surface area contributed by atoms with Gasteiger partial charge in [-0.1, -0.05) is 31.7 Å². The number of rotatable bonds is 8. The zero-order valence-corrected chi connectivity index (χ0v) is 14.8. The third-order valence-electron chi connectivity index (χ3n) is 4.15. The molecule has 5 heteroatoms. The molecule has 0 heterocycles. The second-order valence-electron chi connectivity index (χ2n) is 5.96. The van der Waals surface area contributed by atoms with Gasteiger partial charge in [0.2, 0.25) is 5.91 Å². The SMILES string of the molecule is COc1cccc(SCC(=O)NCCNC2CCCCCC2)c1. The van der Waals surface area contributed by atoms with E-state index in [2.05, 4.69) is 10.6 Å². The molecule has 1 aliphatic rings. The number of hydrogen-bond acceptors (Lipinski definition) is 4. The summed E-state index contributed by atoms with van der Waals surface area (Å²) in [6.45, 7) is 1.56. The Balaban J connectivity index is 1.57. The molecule has 0 radical (unpaired) electrons. The molecular formula is C18H28N2O2S. The Labute approximate surface area is 143 Å². The number of benzene rings is 1. The smallest absolute Gasteiger partial charge is 0.230 e. The van der Waals surface area contributed by atoms with E-state index in [1.807, 2.05) is 24.3 Å². The van der Waals surface area contributed by atoms with E-state index in [4.69, 9.17) is 4.74 Å². The van der Waals surface area contributed by atoms with Crippen LogP contribution in [0.25, 0.3) is 0 Å². The molecule has 1 amide bonds. The van der Waals surface area contributed by atoms with Gasteiger partial charge in [-0.15, -0.1) is 11.8 Å². The van der Waals surface area contributed by atoms with Crippen LogP contribution in [0.5, 0.6) is 5.75 Å². The Bertz CT molecular complexity index is 474. The minimum Gasteiger partial charge on any atom is -0.497 e. The van der Waals surface area contributed by atoms with Gasteiger partial charge in [0.25, 0.3) is 0 Å². The standard InChI is InChI=1S/C18H28N2O2S/c1-22-16-9-6-10-17(13-16)23-14-18(21)20-12-11-19-15-7-4-2-3-5-8-15/h6,9-10,13,15,19H,2-5,7-8,11-12,14H2,1H3,(H,20,21). The maximum Gasteiger partial charge on any atom is 0.230 e. The van der Waals surface area contributed by atoms with E-state index in [9.17, 15) is 4.79 Å². The summed E-state index contributed by atoms with van der Waals surface area (Å²) in [6.07, 6.45) is 7.97. The first-order valence-electron chi connectivity index (χ1n) is 8.55. The van der Waals surface area contributed by atoms with Crippen LogP contribution in [0.1, 0.15) is 38.5 Å². The van der Waals surface area contributed by atoms with Crippen LogP contribution in [0, 0.1) is 0 Å². The monoisotopic (exact) mass is 336 g/mol. The number of amides is 1. The predicted molar refractivity (Wildman–Crippen MR) is 96.2 cm³/mol. The number of ether oxygens (including phenoxy) is 1. The molecule has 1 aliphatic carbocycles. The summed E-state index contributed by atoms with van der Waals surface area (Å²) in [4.78, 5) is 12.9. The average Bonchev–Trinajstić information content (AvgIpc) is 2.86.